The van der Waals surface area contributed by atoms with Gasteiger partial charge in [0, 0.05) is 17.7 Å². The van der Waals surface area contributed by atoms with Crippen molar-refractivity contribution in [1.29, 1.82) is 0 Å². The van der Waals surface area contributed by atoms with Crippen LogP contribution < -0.4 is 17.1 Å². The van der Waals surface area contributed by atoms with Crippen molar-refractivity contribution in [2.45, 2.75) is 46.8 Å². The zero-order valence-corrected chi connectivity index (χ0v) is 16.4. The van der Waals surface area contributed by atoms with E-state index < -0.39 is 29.0 Å². The quantitative estimate of drug-likeness (QED) is 0.398. The molecule has 10 heteroatoms. The Hall–Kier alpha value is -3.17. The fraction of sp³-hybridized carbons (Fsp3) is 0.500. The highest BCUT2D eigenvalue weighted by molar-refractivity contribution is 5.87. The zero-order chi connectivity index (χ0) is 21.4. The largest absolute Gasteiger partial charge is 0.460 e. The number of nitrogens with zero attached hydrogens (tertiary/aromatic N) is 3. The molecule has 0 saturated carbocycles. The van der Waals surface area contributed by atoms with Crippen molar-refractivity contribution < 1.29 is 19.1 Å². The van der Waals surface area contributed by atoms with E-state index in [0.717, 1.165) is 13.7 Å². The molecule has 0 aliphatic rings. The van der Waals surface area contributed by atoms with E-state index in [4.69, 9.17) is 9.47 Å². The van der Waals surface area contributed by atoms with Gasteiger partial charge in [-0.05, 0) is 20.3 Å². The standard InChI is InChI=1S/C18H25N3O7/c1-6-7-19-16(24)20(8-10-27-14(22)12(2)3)18(26)21(17(19)25)9-11-28-15(23)13(4)5/h2,4,6-11H2,1,3,5H3. The predicted octanol–water partition coefficient (Wildman–Crippen LogP) is -0.180. The van der Waals surface area contributed by atoms with Gasteiger partial charge in [0.1, 0.15) is 13.2 Å². The van der Waals surface area contributed by atoms with E-state index in [2.05, 4.69) is 13.2 Å². The highest BCUT2D eigenvalue weighted by atomic mass is 16.5. The maximum absolute atomic E-state index is 12.6. The minimum Gasteiger partial charge on any atom is -0.460 e. The second-order valence-electron chi connectivity index (χ2n) is 6.14. The molecular weight excluding hydrogens is 370 g/mol. The highest BCUT2D eigenvalue weighted by Crippen LogP contribution is 1.93. The van der Waals surface area contributed by atoms with Crippen LogP contribution in [0.25, 0.3) is 0 Å². The van der Waals surface area contributed by atoms with Gasteiger partial charge in [0.25, 0.3) is 0 Å². The molecule has 1 aromatic rings. The summed E-state index contributed by atoms with van der Waals surface area (Å²) in [6.07, 6.45) is 0.489. The molecule has 1 heterocycles. The molecule has 0 radical (unpaired) electrons. The van der Waals surface area contributed by atoms with Gasteiger partial charge in [-0.3, -0.25) is 0 Å². The van der Waals surface area contributed by atoms with Crippen molar-refractivity contribution in [2.24, 2.45) is 0 Å². The minimum atomic E-state index is -0.875. The fourth-order valence-corrected chi connectivity index (χ4v) is 2.19. The summed E-state index contributed by atoms with van der Waals surface area (Å²) in [5, 5.41) is 0. The Morgan fingerprint density at radius 1 is 0.750 bits per heavy atom. The molecule has 0 amide bonds. The maximum atomic E-state index is 12.6. The lowest BCUT2D eigenvalue weighted by molar-refractivity contribution is -0.140. The van der Waals surface area contributed by atoms with Crippen LogP contribution in [-0.2, 0) is 38.7 Å². The summed E-state index contributed by atoms with van der Waals surface area (Å²) in [7, 11) is 0. The van der Waals surface area contributed by atoms with E-state index in [1.807, 2.05) is 0 Å². The first-order valence-corrected chi connectivity index (χ1v) is 8.71. The van der Waals surface area contributed by atoms with Crippen molar-refractivity contribution in [2.75, 3.05) is 13.2 Å². The average Bonchev–Trinajstić information content (AvgIpc) is 2.63. The van der Waals surface area contributed by atoms with Gasteiger partial charge in [-0.1, -0.05) is 20.1 Å². The first-order chi connectivity index (χ1) is 13.1. The van der Waals surface area contributed by atoms with Crippen LogP contribution in [0.5, 0.6) is 0 Å². The molecule has 0 spiro atoms. The molecule has 0 aliphatic heterocycles. The lowest BCUT2D eigenvalue weighted by Gasteiger charge is -2.14. The zero-order valence-electron chi connectivity index (χ0n) is 16.4. The minimum absolute atomic E-state index is 0.106. The topological polar surface area (TPSA) is 119 Å². The van der Waals surface area contributed by atoms with Crippen molar-refractivity contribution in [3.05, 3.63) is 55.8 Å². The van der Waals surface area contributed by atoms with Crippen LogP contribution in [0.1, 0.15) is 27.2 Å². The van der Waals surface area contributed by atoms with E-state index in [0.29, 0.717) is 6.42 Å². The summed E-state index contributed by atoms with van der Waals surface area (Å²) in [4.78, 5) is 60.5. The third-order valence-corrected chi connectivity index (χ3v) is 3.63. The smallest absolute Gasteiger partial charge is 0.336 e. The Kier molecular flexibility index (Phi) is 8.36. The Morgan fingerprint density at radius 3 is 1.36 bits per heavy atom. The van der Waals surface area contributed by atoms with Crippen LogP contribution in [0, 0.1) is 0 Å². The van der Waals surface area contributed by atoms with Crippen LogP contribution >= 0.6 is 0 Å². The number of hydrogen-bond donors (Lipinski definition) is 0. The van der Waals surface area contributed by atoms with Crippen LogP contribution in [0.2, 0.25) is 0 Å². The van der Waals surface area contributed by atoms with E-state index in [-0.39, 0.29) is 44.0 Å². The highest BCUT2D eigenvalue weighted by Gasteiger charge is 2.16. The Morgan fingerprint density at radius 2 is 1.07 bits per heavy atom. The van der Waals surface area contributed by atoms with Gasteiger partial charge in [-0.2, -0.15) is 0 Å². The molecule has 154 valence electrons. The van der Waals surface area contributed by atoms with Crippen LogP contribution in [0.4, 0.5) is 0 Å². The number of carbonyl (C=O) groups is 2. The normalized spacial score (nSPS) is 10.4. The summed E-state index contributed by atoms with van der Waals surface area (Å²) in [5.74, 6) is -1.30. The van der Waals surface area contributed by atoms with E-state index >= 15 is 0 Å². The molecule has 1 aromatic heterocycles. The fourth-order valence-electron chi connectivity index (χ4n) is 2.19. The molecule has 0 N–H and O–H groups in total. The molecule has 0 saturated heterocycles. The number of ether oxygens (including phenoxy) is 2. The molecule has 10 nitrogen and oxygen atoms in total. The Balaban J connectivity index is 3.17. The second-order valence-corrected chi connectivity index (χ2v) is 6.14. The predicted molar refractivity (Wildman–Crippen MR) is 101 cm³/mol. The van der Waals surface area contributed by atoms with Gasteiger partial charge in [0.2, 0.25) is 0 Å². The Labute approximate surface area is 161 Å². The summed E-state index contributed by atoms with van der Waals surface area (Å²) < 4.78 is 12.4. The molecule has 0 aliphatic carbocycles. The average molecular weight is 395 g/mol. The number of rotatable bonds is 10. The molecule has 0 aromatic carbocycles. The number of hydrogen-bond acceptors (Lipinski definition) is 7. The van der Waals surface area contributed by atoms with Gasteiger partial charge in [-0.15, -0.1) is 0 Å². The van der Waals surface area contributed by atoms with Gasteiger partial charge in [0.05, 0.1) is 13.1 Å². The van der Waals surface area contributed by atoms with Gasteiger partial charge < -0.3 is 9.47 Å². The van der Waals surface area contributed by atoms with Crippen LogP contribution in [0.15, 0.2) is 38.7 Å². The third-order valence-electron chi connectivity index (χ3n) is 3.63. The van der Waals surface area contributed by atoms with Crippen molar-refractivity contribution >= 4 is 11.9 Å². The molecule has 28 heavy (non-hydrogen) atoms. The van der Waals surface area contributed by atoms with Gasteiger partial charge in [-0.25, -0.2) is 37.7 Å². The van der Waals surface area contributed by atoms with Crippen LogP contribution in [0.3, 0.4) is 0 Å². The van der Waals surface area contributed by atoms with E-state index in [1.54, 1.807) is 6.92 Å². The summed E-state index contributed by atoms with van der Waals surface area (Å²) in [6.45, 7) is 10.8. The number of esters is 2. The molecule has 0 unspecified atom stereocenters. The lowest BCUT2D eigenvalue weighted by atomic mass is 10.4. The lowest BCUT2D eigenvalue weighted by Crippen LogP contribution is -2.55. The SMILES string of the molecule is C=C(C)C(=O)OCCn1c(=O)n(CCC)c(=O)n(CCOC(=O)C(=C)C)c1=O. The van der Waals surface area contributed by atoms with Gasteiger partial charge in [0.15, 0.2) is 0 Å². The molecule has 0 bridgehead atoms. The maximum Gasteiger partial charge on any atom is 0.336 e. The molecule has 0 atom stereocenters. The number of carbonyl (C=O) groups excluding carboxylic acids is 2. The molecule has 1 rings (SSSR count). The van der Waals surface area contributed by atoms with E-state index in [9.17, 15) is 24.0 Å². The first-order valence-electron chi connectivity index (χ1n) is 8.71. The monoisotopic (exact) mass is 395 g/mol. The third kappa shape index (κ3) is 5.66. The number of aromatic nitrogens is 3. The summed E-state index contributed by atoms with van der Waals surface area (Å²) in [5.41, 5.74) is -2.10. The van der Waals surface area contributed by atoms with Crippen molar-refractivity contribution in [3.8, 4) is 0 Å². The van der Waals surface area contributed by atoms with E-state index in [1.165, 1.54) is 13.8 Å². The van der Waals surface area contributed by atoms with Crippen molar-refractivity contribution in [3.63, 3.8) is 0 Å². The summed E-state index contributed by atoms with van der Waals surface area (Å²) in [6, 6.07) is 0. The summed E-state index contributed by atoms with van der Waals surface area (Å²) >= 11 is 0. The first kappa shape index (κ1) is 22.9. The molecule has 0 fully saturated rings. The van der Waals surface area contributed by atoms with Gasteiger partial charge >= 0.3 is 29.0 Å². The van der Waals surface area contributed by atoms with Crippen LogP contribution in [-0.4, -0.2) is 38.9 Å². The van der Waals surface area contributed by atoms with Crippen molar-refractivity contribution in [1.82, 2.24) is 13.7 Å². The Bertz CT molecular complexity index is 879. The molecular formula is C18H25N3O7. The second kappa shape index (κ2) is 10.2.